The van der Waals surface area contributed by atoms with E-state index in [1.807, 2.05) is 0 Å². The topological polar surface area (TPSA) is 77.6 Å². The van der Waals surface area contributed by atoms with Gasteiger partial charge in [0, 0.05) is 49.3 Å². The van der Waals surface area contributed by atoms with Crippen LogP contribution in [0.15, 0.2) is 60.8 Å². The lowest BCUT2D eigenvalue weighted by Crippen LogP contribution is -2.34. The SMILES string of the molecule is COCCN(Cc1cccn1Cc1cccc(C(F)(F)F)c1)C(=O)c1ccc(C)c([N+](=O)[O-])c1. The molecule has 7 nitrogen and oxygen atoms in total. The normalized spacial score (nSPS) is 11.4. The van der Waals surface area contributed by atoms with Gasteiger partial charge < -0.3 is 14.2 Å². The number of hydrogen-bond donors (Lipinski definition) is 0. The van der Waals surface area contributed by atoms with Gasteiger partial charge in [-0.3, -0.25) is 14.9 Å². The zero-order valence-electron chi connectivity index (χ0n) is 18.7. The molecule has 180 valence electrons. The highest BCUT2D eigenvalue weighted by Gasteiger charge is 2.30. The van der Waals surface area contributed by atoms with Crippen molar-refractivity contribution in [2.45, 2.75) is 26.2 Å². The first-order valence-electron chi connectivity index (χ1n) is 10.4. The van der Waals surface area contributed by atoms with E-state index < -0.39 is 22.6 Å². The lowest BCUT2D eigenvalue weighted by atomic mass is 10.1. The van der Waals surface area contributed by atoms with Crippen LogP contribution in [0.3, 0.4) is 0 Å². The summed E-state index contributed by atoms with van der Waals surface area (Å²) in [7, 11) is 1.50. The van der Waals surface area contributed by atoms with Crippen molar-refractivity contribution in [2.24, 2.45) is 0 Å². The number of methoxy groups -OCH3 is 1. The Hall–Kier alpha value is -3.66. The number of nitrogens with zero attached hydrogens (tertiary/aromatic N) is 3. The first-order chi connectivity index (χ1) is 16.1. The second-order valence-electron chi connectivity index (χ2n) is 7.80. The third kappa shape index (κ3) is 6.02. The molecule has 0 saturated heterocycles. The number of aromatic nitrogens is 1. The molecule has 34 heavy (non-hydrogen) atoms. The monoisotopic (exact) mass is 475 g/mol. The van der Waals surface area contributed by atoms with Gasteiger partial charge in [0.25, 0.3) is 11.6 Å². The molecule has 10 heteroatoms. The summed E-state index contributed by atoms with van der Waals surface area (Å²) in [6.45, 7) is 2.40. The van der Waals surface area contributed by atoms with Crippen LogP contribution in [-0.2, 0) is 24.0 Å². The molecule has 0 fully saturated rings. The Morgan fingerprint density at radius 1 is 1.15 bits per heavy atom. The highest BCUT2D eigenvalue weighted by Crippen LogP contribution is 2.30. The minimum Gasteiger partial charge on any atom is -0.383 e. The molecular weight excluding hydrogens is 451 g/mol. The number of hydrogen-bond acceptors (Lipinski definition) is 4. The third-order valence-electron chi connectivity index (χ3n) is 5.39. The first-order valence-corrected chi connectivity index (χ1v) is 10.4. The van der Waals surface area contributed by atoms with Crippen molar-refractivity contribution in [2.75, 3.05) is 20.3 Å². The molecule has 2 aromatic carbocycles. The lowest BCUT2D eigenvalue weighted by Gasteiger charge is -2.23. The van der Waals surface area contributed by atoms with Crippen molar-refractivity contribution in [3.05, 3.63) is 98.9 Å². The summed E-state index contributed by atoms with van der Waals surface area (Å²) in [5.74, 6) is -0.410. The van der Waals surface area contributed by atoms with Gasteiger partial charge in [0.2, 0.25) is 0 Å². The van der Waals surface area contributed by atoms with E-state index in [9.17, 15) is 28.1 Å². The van der Waals surface area contributed by atoms with Gasteiger partial charge in [0.05, 0.1) is 23.6 Å². The van der Waals surface area contributed by atoms with E-state index in [1.54, 1.807) is 35.9 Å². The predicted octanol–water partition coefficient (Wildman–Crippen LogP) is 5.06. The van der Waals surface area contributed by atoms with E-state index in [2.05, 4.69) is 0 Å². The number of alkyl halides is 3. The zero-order chi connectivity index (χ0) is 24.9. The largest absolute Gasteiger partial charge is 0.416 e. The number of amides is 1. The van der Waals surface area contributed by atoms with Crippen LogP contribution >= 0.6 is 0 Å². The number of nitro benzene ring substituents is 1. The van der Waals surface area contributed by atoms with E-state index in [0.29, 0.717) is 16.8 Å². The van der Waals surface area contributed by atoms with Crippen molar-refractivity contribution < 1.29 is 27.6 Å². The third-order valence-corrected chi connectivity index (χ3v) is 5.39. The molecule has 1 heterocycles. The molecule has 0 aliphatic carbocycles. The van der Waals surface area contributed by atoms with Crippen molar-refractivity contribution in [1.29, 1.82) is 0 Å². The van der Waals surface area contributed by atoms with Crippen LogP contribution in [0.1, 0.15) is 32.7 Å². The molecule has 3 rings (SSSR count). The van der Waals surface area contributed by atoms with Crippen molar-refractivity contribution in [3.63, 3.8) is 0 Å². The highest BCUT2D eigenvalue weighted by molar-refractivity contribution is 5.95. The molecule has 0 aliphatic heterocycles. The van der Waals surface area contributed by atoms with Crippen LogP contribution in [0.4, 0.5) is 18.9 Å². The summed E-state index contributed by atoms with van der Waals surface area (Å²) in [5.41, 5.74) is 0.908. The van der Waals surface area contributed by atoms with Crippen LogP contribution in [0.25, 0.3) is 0 Å². The number of halogens is 3. The number of ether oxygens (including phenoxy) is 1. The van der Waals surface area contributed by atoms with Crippen LogP contribution in [-0.4, -0.2) is 40.6 Å². The van der Waals surface area contributed by atoms with Crippen molar-refractivity contribution in [1.82, 2.24) is 9.47 Å². The molecule has 0 radical (unpaired) electrons. The Labute approximate surface area is 194 Å². The van der Waals surface area contributed by atoms with E-state index >= 15 is 0 Å². The van der Waals surface area contributed by atoms with E-state index in [4.69, 9.17) is 4.74 Å². The molecule has 0 aliphatic rings. The fourth-order valence-corrected chi connectivity index (χ4v) is 3.56. The van der Waals surface area contributed by atoms with Gasteiger partial charge in [0.15, 0.2) is 0 Å². The quantitative estimate of drug-likeness (QED) is 0.320. The van der Waals surface area contributed by atoms with E-state index in [0.717, 1.165) is 12.1 Å². The standard InChI is InChI=1S/C24H24F3N3O4/c1-17-8-9-19(14-22(17)30(32)33)23(31)29(11-12-34-2)16-21-7-4-10-28(21)15-18-5-3-6-20(13-18)24(25,26)27/h3-10,13-14H,11-12,15-16H2,1-2H3. The second kappa shape index (κ2) is 10.5. The van der Waals surface area contributed by atoms with Gasteiger partial charge in [-0.25, -0.2) is 0 Å². The number of rotatable bonds is 9. The van der Waals surface area contributed by atoms with Gasteiger partial charge in [-0.05, 0) is 42.8 Å². The molecule has 0 N–H and O–H groups in total. The lowest BCUT2D eigenvalue weighted by molar-refractivity contribution is -0.385. The molecule has 1 aromatic heterocycles. The molecule has 0 unspecified atom stereocenters. The van der Waals surface area contributed by atoms with Gasteiger partial charge >= 0.3 is 6.18 Å². The average Bonchev–Trinajstić information content (AvgIpc) is 3.22. The summed E-state index contributed by atoms with van der Waals surface area (Å²) in [5, 5.41) is 11.3. The number of benzene rings is 2. The summed E-state index contributed by atoms with van der Waals surface area (Å²) in [4.78, 5) is 25.4. The number of nitro groups is 1. The Balaban J connectivity index is 1.85. The first kappa shape index (κ1) is 25.0. The molecular formula is C24H24F3N3O4. The highest BCUT2D eigenvalue weighted by atomic mass is 19.4. The Kier molecular flexibility index (Phi) is 7.72. The molecule has 0 spiro atoms. The summed E-state index contributed by atoms with van der Waals surface area (Å²) in [6.07, 6.45) is -2.71. The average molecular weight is 475 g/mol. The Morgan fingerprint density at radius 2 is 1.91 bits per heavy atom. The molecule has 1 amide bonds. The Morgan fingerprint density at radius 3 is 2.59 bits per heavy atom. The molecule has 0 bridgehead atoms. The van der Waals surface area contributed by atoms with Crippen LogP contribution in [0.5, 0.6) is 0 Å². The van der Waals surface area contributed by atoms with Gasteiger partial charge in [0.1, 0.15) is 0 Å². The van der Waals surface area contributed by atoms with Gasteiger partial charge in [-0.1, -0.05) is 18.2 Å². The second-order valence-corrected chi connectivity index (χ2v) is 7.80. The number of carbonyl (C=O) groups is 1. The maximum atomic E-state index is 13.2. The summed E-state index contributed by atoms with van der Waals surface area (Å²) in [6, 6.07) is 12.9. The van der Waals surface area contributed by atoms with E-state index in [-0.39, 0.29) is 37.5 Å². The van der Waals surface area contributed by atoms with Gasteiger partial charge in [-0.15, -0.1) is 0 Å². The smallest absolute Gasteiger partial charge is 0.383 e. The molecule has 3 aromatic rings. The number of aryl methyl sites for hydroxylation is 1. The van der Waals surface area contributed by atoms with Crippen LogP contribution < -0.4 is 0 Å². The van der Waals surface area contributed by atoms with Crippen molar-refractivity contribution in [3.8, 4) is 0 Å². The molecule has 0 saturated carbocycles. The fraction of sp³-hybridized carbons (Fsp3) is 0.292. The van der Waals surface area contributed by atoms with Crippen LogP contribution in [0.2, 0.25) is 0 Å². The van der Waals surface area contributed by atoms with E-state index in [1.165, 1.54) is 36.3 Å². The minimum absolute atomic E-state index is 0.148. The van der Waals surface area contributed by atoms with Crippen LogP contribution in [0, 0.1) is 17.0 Å². The predicted molar refractivity (Wildman–Crippen MR) is 119 cm³/mol. The fourth-order valence-electron chi connectivity index (χ4n) is 3.56. The van der Waals surface area contributed by atoms with Crippen molar-refractivity contribution >= 4 is 11.6 Å². The summed E-state index contributed by atoms with van der Waals surface area (Å²) >= 11 is 0. The minimum atomic E-state index is -4.43. The van der Waals surface area contributed by atoms with Gasteiger partial charge in [-0.2, -0.15) is 13.2 Å². The molecule has 0 atom stereocenters. The maximum absolute atomic E-state index is 13.2. The summed E-state index contributed by atoms with van der Waals surface area (Å²) < 4.78 is 46.1. The maximum Gasteiger partial charge on any atom is 0.416 e. The Bertz CT molecular complexity index is 1170. The number of carbonyl (C=O) groups excluding carboxylic acids is 1. The zero-order valence-corrected chi connectivity index (χ0v) is 18.7.